The molecule has 0 radical (unpaired) electrons. The van der Waals surface area contributed by atoms with E-state index in [2.05, 4.69) is 51.3 Å². The van der Waals surface area contributed by atoms with Crippen molar-refractivity contribution in [3.8, 4) is 45.5 Å². The summed E-state index contributed by atoms with van der Waals surface area (Å²) in [5.74, 6) is 0.105. The Morgan fingerprint density at radius 2 is 0.955 bits per heavy atom. The standard InChI is InChI=1S/2C25H32N2O6/c2*1-25(2,3)23-12-16-11-22(33-10-7-26-5-8-32-9-6-26)21(31-4)13-17(16)19-14-20(28)18(24(29)30)15-27(19)23/h2*11,13-15,23H,5-10,12H2,1-4H3,(H,29,30)/t2*23-/m10/s1. The number of methoxy groups -OCH3 is 2. The predicted molar refractivity (Wildman–Crippen MR) is 249 cm³/mol. The lowest BCUT2D eigenvalue weighted by molar-refractivity contribution is 0.0320. The van der Waals surface area contributed by atoms with Crippen LogP contribution in [0.4, 0.5) is 0 Å². The van der Waals surface area contributed by atoms with Gasteiger partial charge < -0.3 is 47.8 Å². The molecule has 0 spiro atoms. The first-order valence-electron chi connectivity index (χ1n) is 22.6. The summed E-state index contributed by atoms with van der Waals surface area (Å²) < 4.78 is 38.2. The Morgan fingerprint density at radius 1 is 0.591 bits per heavy atom. The van der Waals surface area contributed by atoms with Crippen molar-refractivity contribution in [2.24, 2.45) is 10.8 Å². The molecule has 66 heavy (non-hydrogen) atoms. The fourth-order valence-corrected chi connectivity index (χ4v) is 9.21. The van der Waals surface area contributed by atoms with E-state index in [1.807, 2.05) is 33.4 Å². The van der Waals surface area contributed by atoms with Crippen LogP contribution in [0.5, 0.6) is 23.0 Å². The van der Waals surface area contributed by atoms with E-state index in [-0.39, 0.29) is 34.0 Å². The molecule has 356 valence electrons. The highest BCUT2D eigenvalue weighted by atomic mass is 16.5. The number of rotatable bonds is 12. The van der Waals surface area contributed by atoms with Crippen LogP contribution in [0.1, 0.15) is 85.5 Å². The zero-order valence-corrected chi connectivity index (χ0v) is 39.4. The molecule has 0 bridgehead atoms. The van der Waals surface area contributed by atoms with E-state index in [0.717, 1.165) is 87.9 Å². The second kappa shape index (κ2) is 20.0. The number of ether oxygens (including phenoxy) is 6. The zero-order valence-electron chi connectivity index (χ0n) is 39.4. The van der Waals surface area contributed by atoms with Crippen molar-refractivity contribution in [2.75, 3.05) is 93.1 Å². The minimum absolute atomic E-state index is 0.0201. The molecule has 16 nitrogen and oxygen atoms in total. The molecule has 2 aromatic heterocycles. The van der Waals surface area contributed by atoms with Crippen LogP contribution in [0.2, 0.25) is 0 Å². The van der Waals surface area contributed by atoms with E-state index in [4.69, 9.17) is 28.4 Å². The molecule has 2 saturated heterocycles. The third-order valence-corrected chi connectivity index (χ3v) is 13.0. The molecule has 0 aliphatic carbocycles. The number of morpholine rings is 2. The van der Waals surface area contributed by atoms with Crippen LogP contribution in [0.3, 0.4) is 0 Å². The summed E-state index contributed by atoms with van der Waals surface area (Å²) in [5, 5.41) is 19.0. The van der Waals surface area contributed by atoms with E-state index < -0.39 is 22.8 Å². The van der Waals surface area contributed by atoms with Gasteiger partial charge in [0.25, 0.3) is 0 Å². The Morgan fingerprint density at radius 3 is 1.27 bits per heavy atom. The summed E-state index contributed by atoms with van der Waals surface area (Å²) >= 11 is 0. The summed E-state index contributed by atoms with van der Waals surface area (Å²) in [4.78, 5) is 52.9. The minimum Gasteiger partial charge on any atom is -0.493 e. The number of fused-ring (bicyclic) bond motifs is 6. The fourth-order valence-electron chi connectivity index (χ4n) is 9.21. The second-order valence-corrected chi connectivity index (χ2v) is 19.4. The highest BCUT2D eigenvalue weighted by Gasteiger charge is 2.36. The first kappa shape index (κ1) is 48.3. The average Bonchev–Trinajstić information content (AvgIpc) is 3.27. The number of hydrogen-bond acceptors (Lipinski definition) is 12. The van der Waals surface area contributed by atoms with Gasteiger partial charge >= 0.3 is 11.9 Å². The van der Waals surface area contributed by atoms with Crippen LogP contribution >= 0.6 is 0 Å². The van der Waals surface area contributed by atoms with Gasteiger partial charge in [0.05, 0.1) is 52.0 Å². The number of nitrogens with zero attached hydrogens (tertiary/aromatic N) is 4. The third kappa shape index (κ3) is 10.6. The van der Waals surface area contributed by atoms with Crippen molar-refractivity contribution < 1.29 is 48.2 Å². The number of carbonyl (C=O) groups is 2. The number of carboxylic acids is 2. The topological polar surface area (TPSA) is 180 Å². The maximum absolute atomic E-state index is 12.5. The lowest BCUT2D eigenvalue weighted by Crippen LogP contribution is -2.38. The monoisotopic (exact) mass is 912 g/mol. The summed E-state index contributed by atoms with van der Waals surface area (Å²) in [7, 11) is 3.19. The maximum Gasteiger partial charge on any atom is 0.341 e. The van der Waals surface area contributed by atoms with Crippen molar-refractivity contribution in [1.82, 2.24) is 18.9 Å². The molecule has 4 aromatic rings. The minimum atomic E-state index is -1.21. The number of aromatic nitrogens is 2. The molecular formula is C50H64N4O12. The zero-order chi connectivity index (χ0) is 47.5. The van der Waals surface area contributed by atoms with Gasteiger partial charge in [-0.3, -0.25) is 19.4 Å². The van der Waals surface area contributed by atoms with Crippen molar-refractivity contribution >= 4 is 11.9 Å². The lowest BCUT2D eigenvalue weighted by Gasteiger charge is -2.39. The van der Waals surface area contributed by atoms with E-state index in [0.29, 0.717) is 60.4 Å². The van der Waals surface area contributed by atoms with Crippen LogP contribution in [-0.2, 0) is 22.3 Å². The quantitative estimate of drug-likeness (QED) is 0.165. The molecule has 2 fully saturated rings. The Balaban J connectivity index is 0.000000196. The van der Waals surface area contributed by atoms with Crippen LogP contribution in [0.25, 0.3) is 22.5 Å². The highest BCUT2D eigenvalue weighted by Crippen LogP contribution is 2.47. The average molecular weight is 913 g/mol. The number of carboxylic acid groups (broad SMARTS) is 2. The lowest BCUT2D eigenvalue weighted by atomic mass is 9.78. The fraction of sp³-hybridized carbons (Fsp3) is 0.520. The normalized spacial score (nSPS) is 18.4. The Labute approximate surface area is 385 Å². The molecule has 16 heteroatoms. The SMILES string of the molecule is COc1cc2c(cc1OCCN1CCOCC1)C[C@@H](C(C)(C)C)n1cc(C(=O)O)c(=O)cc1-2.COc1cc2c(cc1OCCN1CCOCC1)C[C@H](C(C)(C)C)n1cc(C(=O)O)c(=O)cc1-2. The third-order valence-electron chi connectivity index (χ3n) is 13.0. The van der Waals surface area contributed by atoms with Gasteiger partial charge in [-0.15, -0.1) is 0 Å². The van der Waals surface area contributed by atoms with Gasteiger partial charge in [0.2, 0.25) is 0 Å². The molecule has 0 amide bonds. The summed E-state index contributed by atoms with van der Waals surface area (Å²) in [6, 6.07) is 10.6. The number of pyridine rings is 2. The summed E-state index contributed by atoms with van der Waals surface area (Å²) in [5.41, 5.74) is 3.48. The Kier molecular flexibility index (Phi) is 14.7. The van der Waals surface area contributed by atoms with Gasteiger partial charge in [-0.1, -0.05) is 41.5 Å². The van der Waals surface area contributed by atoms with Gasteiger partial charge in [-0.2, -0.15) is 0 Å². The van der Waals surface area contributed by atoms with Crippen molar-refractivity contribution in [1.29, 1.82) is 0 Å². The van der Waals surface area contributed by atoms with Gasteiger partial charge in [-0.25, -0.2) is 9.59 Å². The first-order chi connectivity index (χ1) is 31.4. The molecule has 0 saturated carbocycles. The van der Waals surface area contributed by atoms with E-state index in [9.17, 15) is 29.4 Å². The van der Waals surface area contributed by atoms with Crippen molar-refractivity contribution in [2.45, 2.75) is 66.5 Å². The Bertz CT molecular complexity index is 2370. The largest absolute Gasteiger partial charge is 0.493 e. The molecule has 2 N–H and O–H groups in total. The highest BCUT2D eigenvalue weighted by molar-refractivity contribution is 5.88. The number of benzene rings is 2. The molecule has 6 heterocycles. The maximum atomic E-state index is 12.5. The molecule has 0 unspecified atom stereocenters. The van der Waals surface area contributed by atoms with Gasteiger partial charge in [-0.05, 0) is 59.1 Å². The van der Waals surface area contributed by atoms with Crippen LogP contribution in [-0.4, -0.2) is 134 Å². The van der Waals surface area contributed by atoms with Crippen LogP contribution in [0.15, 0.2) is 58.4 Å². The van der Waals surface area contributed by atoms with Crippen molar-refractivity contribution in [3.63, 3.8) is 0 Å². The van der Waals surface area contributed by atoms with Crippen LogP contribution in [0, 0.1) is 10.8 Å². The molecule has 4 aliphatic rings. The molecular weight excluding hydrogens is 849 g/mol. The number of hydrogen-bond donors (Lipinski definition) is 2. The number of aromatic carboxylic acids is 2. The van der Waals surface area contributed by atoms with Gasteiger partial charge in [0.1, 0.15) is 24.3 Å². The molecule has 2 aromatic carbocycles. The Hall–Kier alpha value is -5.68. The molecule has 8 rings (SSSR count). The van der Waals surface area contributed by atoms with E-state index in [1.54, 1.807) is 14.2 Å². The smallest absolute Gasteiger partial charge is 0.341 e. The summed E-state index contributed by atoms with van der Waals surface area (Å²) in [6.45, 7) is 22.0. The van der Waals surface area contributed by atoms with Crippen LogP contribution < -0.4 is 29.8 Å². The molecule has 4 aliphatic heterocycles. The predicted octanol–water partition coefficient (Wildman–Crippen LogP) is 6.15. The van der Waals surface area contributed by atoms with Crippen molar-refractivity contribution in [3.05, 3.63) is 91.5 Å². The first-order valence-corrected chi connectivity index (χ1v) is 22.6. The van der Waals surface area contributed by atoms with Gasteiger partial charge in [0, 0.05) is 87.0 Å². The molecule has 2 atom stereocenters. The summed E-state index contributed by atoms with van der Waals surface area (Å²) in [6.07, 6.45) is 4.35. The second-order valence-electron chi connectivity index (χ2n) is 19.4. The van der Waals surface area contributed by atoms with E-state index >= 15 is 0 Å². The van der Waals surface area contributed by atoms with Gasteiger partial charge in [0.15, 0.2) is 33.9 Å². The van der Waals surface area contributed by atoms with E-state index in [1.165, 1.54) is 24.5 Å².